The van der Waals surface area contributed by atoms with Crippen molar-refractivity contribution in [3.8, 4) is 5.75 Å². The minimum absolute atomic E-state index is 0. The third kappa shape index (κ3) is 8.67. The van der Waals surface area contributed by atoms with Gasteiger partial charge in [0.2, 0.25) is 11.9 Å². The summed E-state index contributed by atoms with van der Waals surface area (Å²) in [5.41, 5.74) is 1.21. The number of ether oxygens (including phenoxy) is 1. The summed E-state index contributed by atoms with van der Waals surface area (Å²) in [4.78, 5) is 29.0. The number of aromatic nitrogens is 2. The first-order valence-electron chi connectivity index (χ1n) is 10.9. The minimum atomic E-state index is -0.0303. The molecule has 10 heteroatoms. The molecule has 2 N–H and O–H groups in total. The molecule has 2 heterocycles. The number of halogens is 1. The van der Waals surface area contributed by atoms with Crippen LogP contribution in [0, 0.1) is 0 Å². The molecular weight excluding hydrogens is 533 g/mol. The fraction of sp³-hybridized carbons (Fsp3) is 0.478. The zero-order chi connectivity index (χ0) is 22.8. The van der Waals surface area contributed by atoms with E-state index in [-0.39, 0.29) is 42.5 Å². The number of likely N-dealkylation sites (N-methyl/N-ethyl adjacent to an activating group) is 1. The van der Waals surface area contributed by atoms with Gasteiger partial charge in [0.25, 0.3) is 0 Å². The maximum Gasteiger partial charge on any atom is 0.243 e. The smallest absolute Gasteiger partial charge is 0.243 e. The number of rotatable bonds is 8. The lowest BCUT2D eigenvalue weighted by molar-refractivity contribution is -0.127. The summed E-state index contributed by atoms with van der Waals surface area (Å²) in [7, 11) is 5.14. The van der Waals surface area contributed by atoms with Crippen LogP contribution in [-0.2, 0) is 11.2 Å². The topological polar surface area (TPSA) is 95.0 Å². The van der Waals surface area contributed by atoms with Crippen molar-refractivity contribution in [2.45, 2.75) is 25.3 Å². The second-order valence-electron chi connectivity index (χ2n) is 7.93. The van der Waals surface area contributed by atoms with Gasteiger partial charge in [-0.15, -0.1) is 24.0 Å². The third-order valence-corrected chi connectivity index (χ3v) is 5.41. The number of anilines is 1. The maximum atomic E-state index is 12.0. The van der Waals surface area contributed by atoms with Gasteiger partial charge >= 0.3 is 0 Å². The molecule has 1 aliphatic rings. The summed E-state index contributed by atoms with van der Waals surface area (Å²) in [5.74, 6) is 2.26. The van der Waals surface area contributed by atoms with E-state index in [1.165, 1.54) is 5.56 Å². The molecule has 2 aromatic rings. The minimum Gasteiger partial charge on any atom is -0.497 e. The molecule has 9 nitrogen and oxygen atoms in total. The molecule has 33 heavy (non-hydrogen) atoms. The zero-order valence-corrected chi connectivity index (χ0v) is 21.9. The Morgan fingerprint density at radius 2 is 1.85 bits per heavy atom. The van der Waals surface area contributed by atoms with E-state index in [9.17, 15) is 4.79 Å². The molecule has 0 radical (unpaired) electrons. The van der Waals surface area contributed by atoms with Crippen molar-refractivity contribution < 1.29 is 9.53 Å². The number of hydrogen-bond acceptors (Lipinski definition) is 6. The number of aliphatic imine (C=N–C) groups is 1. The molecule has 1 aromatic heterocycles. The van der Waals surface area contributed by atoms with Crippen LogP contribution in [-0.4, -0.2) is 80.2 Å². The monoisotopic (exact) mass is 567 g/mol. The molecule has 0 saturated carbocycles. The van der Waals surface area contributed by atoms with Gasteiger partial charge in [0.1, 0.15) is 12.3 Å². The average Bonchev–Trinajstić information content (AvgIpc) is 2.83. The zero-order valence-electron chi connectivity index (χ0n) is 19.5. The summed E-state index contributed by atoms with van der Waals surface area (Å²) in [6, 6.07) is 10.1. The van der Waals surface area contributed by atoms with Crippen molar-refractivity contribution in [3.63, 3.8) is 0 Å². The Bertz CT molecular complexity index is 870. The molecule has 3 rings (SSSR count). The van der Waals surface area contributed by atoms with Gasteiger partial charge in [0, 0.05) is 52.2 Å². The van der Waals surface area contributed by atoms with Crippen LogP contribution < -0.4 is 20.3 Å². The van der Waals surface area contributed by atoms with Crippen molar-refractivity contribution in [1.82, 2.24) is 25.5 Å². The number of hydrogen-bond donors (Lipinski definition) is 2. The summed E-state index contributed by atoms with van der Waals surface area (Å²) in [6.07, 6.45) is 6.27. The van der Waals surface area contributed by atoms with Crippen molar-refractivity contribution >= 4 is 41.8 Å². The van der Waals surface area contributed by atoms with Crippen molar-refractivity contribution in [2.24, 2.45) is 4.99 Å². The Labute approximate surface area is 213 Å². The van der Waals surface area contributed by atoms with Crippen LogP contribution in [0.3, 0.4) is 0 Å². The van der Waals surface area contributed by atoms with E-state index >= 15 is 0 Å². The number of nitrogens with zero attached hydrogens (tertiary/aromatic N) is 5. The van der Waals surface area contributed by atoms with E-state index in [2.05, 4.69) is 42.6 Å². The standard InChI is InChI=1S/C23H33N7O2.HI/c1-29(2)21(31)17-27-22(24-14-9-18-5-7-20(32-3)8-6-18)28-19-10-15-30(16-11-19)23-25-12-4-13-26-23;/h4-8,12-13,19H,9-11,14-17H2,1-3H3,(H2,24,27,28);1H. The Hall–Kier alpha value is -2.63. The predicted octanol–water partition coefficient (Wildman–Crippen LogP) is 1.94. The molecule has 1 amide bonds. The number of carbonyl (C=O) groups excluding carboxylic acids is 1. The maximum absolute atomic E-state index is 12.0. The highest BCUT2D eigenvalue weighted by atomic mass is 127. The van der Waals surface area contributed by atoms with E-state index in [4.69, 9.17) is 4.74 Å². The van der Waals surface area contributed by atoms with Gasteiger partial charge in [-0.2, -0.15) is 0 Å². The number of guanidine groups is 1. The van der Waals surface area contributed by atoms with Crippen LogP contribution in [0.4, 0.5) is 5.95 Å². The van der Waals surface area contributed by atoms with Gasteiger partial charge < -0.3 is 25.2 Å². The molecule has 0 spiro atoms. The lowest BCUT2D eigenvalue weighted by Crippen LogP contribution is -2.49. The first kappa shape index (κ1) is 26.6. The first-order chi connectivity index (χ1) is 15.5. The highest BCUT2D eigenvalue weighted by molar-refractivity contribution is 14.0. The molecule has 0 unspecified atom stereocenters. The van der Waals surface area contributed by atoms with Crippen LogP contribution in [0.1, 0.15) is 18.4 Å². The molecule has 0 atom stereocenters. The summed E-state index contributed by atoms with van der Waals surface area (Å²) >= 11 is 0. The Morgan fingerprint density at radius 3 is 2.45 bits per heavy atom. The highest BCUT2D eigenvalue weighted by Crippen LogP contribution is 2.15. The predicted molar refractivity (Wildman–Crippen MR) is 142 cm³/mol. The van der Waals surface area contributed by atoms with Crippen LogP contribution in [0.5, 0.6) is 5.75 Å². The summed E-state index contributed by atoms with van der Waals surface area (Å²) < 4.78 is 5.21. The molecular formula is C23H34IN7O2. The van der Waals surface area contributed by atoms with E-state index < -0.39 is 0 Å². The Morgan fingerprint density at radius 1 is 1.18 bits per heavy atom. The number of amides is 1. The first-order valence-corrected chi connectivity index (χ1v) is 10.9. The largest absolute Gasteiger partial charge is 0.497 e. The van der Waals surface area contributed by atoms with Crippen LogP contribution in [0.2, 0.25) is 0 Å². The third-order valence-electron chi connectivity index (χ3n) is 5.41. The molecule has 0 bridgehead atoms. The molecule has 1 aromatic carbocycles. The van der Waals surface area contributed by atoms with Gasteiger partial charge in [-0.25, -0.2) is 15.0 Å². The molecule has 1 saturated heterocycles. The van der Waals surface area contributed by atoms with Crippen molar-refractivity contribution in [2.75, 3.05) is 52.3 Å². The number of nitrogens with one attached hydrogen (secondary N) is 2. The van der Waals surface area contributed by atoms with Crippen LogP contribution >= 0.6 is 24.0 Å². The van der Waals surface area contributed by atoms with Crippen molar-refractivity contribution in [1.29, 1.82) is 0 Å². The van der Waals surface area contributed by atoms with E-state index in [1.54, 1.807) is 38.5 Å². The SMILES string of the molecule is COc1ccc(CCNC(=NCC(=O)N(C)C)NC2CCN(c3ncccn3)CC2)cc1.I. The number of carbonyl (C=O) groups is 1. The van der Waals surface area contributed by atoms with Gasteiger partial charge in [-0.3, -0.25) is 4.79 Å². The van der Waals surface area contributed by atoms with E-state index in [1.807, 2.05) is 18.2 Å². The van der Waals surface area contributed by atoms with E-state index in [0.29, 0.717) is 12.5 Å². The van der Waals surface area contributed by atoms with Gasteiger partial charge in [-0.05, 0) is 43.0 Å². The van der Waals surface area contributed by atoms with Gasteiger partial charge in [-0.1, -0.05) is 12.1 Å². The second-order valence-corrected chi connectivity index (χ2v) is 7.93. The second kappa shape index (κ2) is 13.8. The highest BCUT2D eigenvalue weighted by Gasteiger charge is 2.21. The van der Waals surface area contributed by atoms with Gasteiger partial charge in [0.15, 0.2) is 5.96 Å². The van der Waals surface area contributed by atoms with Gasteiger partial charge in [0.05, 0.1) is 7.11 Å². The summed E-state index contributed by atoms with van der Waals surface area (Å²) in [6.45, 7) is 2.57. The lowest BCUT2D eigenvalue weighted by Gasteiger charge is -2.33. The number of methoxy groups -OCH3 is 1. The number of piperidine rings is 1. The normalized spacial score (nSPS) is 14.3. The molecule has 180 valence electrons. The quantitative estimate of drug-likeness (QED) is 0.286. The fourth-order valence-electron chi connectivity index (χ4n) is 3.43. The number of benzene rings is 1. The van der Waals surface area contributed by atoms with Crippen LogP contribution in [0.25, 0.3) is 0 Å². The van der Waals surface area contributed by atoms with Crippen LogP contribution in [0.15, 0.2) is 47.7 Å². The molecule has 0 aliphatic carbocycles. The Kier molecular flexibility index (Phi) is 11.1. The lowest BCUT2D eigenvalue weighted by atomic mass is 10.1. The average molecular weight is 567 g/mol. The fourth-order valence-corrected chi connectivity index (χ4v) is 3.43. The van der Waals surface area contributed by atoms with E-state index in [0.717, 1.165) is 44.0 Å². The van der Waals surface area contributed by atoms with Crippen molar-refractivity contribution in [3.05, 3.63) is 48.3 Å². The summed E-state index contributed by atoms with van der Waals surface area (Å²) in [5, 5.41) is 6.89. The molecule has 1 fully saturated rings. The Balaban J connectivity index is 0.00000385. The molecule has 1 aliphatic heterocycles.